The van der Waals surface area contributed by atoms with Gasteiger partial charge in [-0.3, -0.25) is 14.5 Å². The molecule has 0 saturated heterocycles. The fourth-order valence-electron chi connectivity index (χ4n) is 4.29. The van der Waals surface area contributed by atoms with E-state index in [1.54, 1.807) is 10.9 Å². The number of aromatic nitrogens is 3. The zero-order valence-corrected chi connectivity index (χ0v) is 14.8. The van der Waals surface area contributed by atoms with E-state index in [0.29, 0.717) is 30.0 Å². The van der Waals surface area contributed by atoms with E-state index < -0.39 is 0 Å². The van der Waals surface area contributed by atoms with Crippen molar-refractivity contribution in [3.05, 3.63) is 59.7 Å². The lowest BCUT2D eigenvalue weighted by atomic mass is 9.93. The summed E-state index contributed by atoms with van der Waals surface area (Å²) in [5, 5.41) is 4.34. The van der Waals surface area contributed by atoms with Crippen molar-refractivity contribution in [1.29, 1.82) is 0 Å². The molecule has 2 aromatic heterocycles. The first-order valence-electron chi connectivity index (χ1n) is 8.97. The predicted molar refractivity (Wildman–Crippen MR) is 95.8 cm³/mol. The van der Waals surface area contributed by atoms with E-state index in [0.717, 1.165) is 17.8 Å². The van der Waals surface area contributed by atoms with Crippen LogP contribution in [0.3, 0.4) is 0 Å². The number of allylic oxidation sites excluding steroid dienone is 2. The standard InChI is InChI=1S/C20H24N4O/c1-14-8-19(23(2)22-14)20(25)24(12-16-4-3-7-21-11-16)13-18-10-15-5-6-17(18)9-15/h3-8,11,15,17-18H,9-10,12-13H2,1-2H3/t15-,17+,18+/m1/s1. The lowest BCUT2D eigenvalue weighted by Gasteiger charge is -2.28. The maximum absolute atomic E-state index is 13.2. The van der Waals surface area contributed by atoms with Gasteiger partial charge < -0.3 is 4.90 Å². The molecule has 0 N–H and O–H groups in total. The van der Waals surface area contributed by atoms with Crippen molar-refractivity contribution in [2.45, 2.75) is 26.3 Å². The Morgan fingerprint density at radius 2 is 2.24 bits per heavy atom. The van der Waals surface area contributed by atoms with Gasteiger partial charge in [-0.05, 0) is 55.2 Å². The van der Waals surface area contributed by atoms with Gasteiger partial charge in [-0.1, -0.05) is 18.2 Å². The summed E-state index contributed by atoms with van der Waals surface area (Å²) in [6, 6.07) is 5.83. The minimum atomic E-state index is 0.0544. The molecule has 3 atom stereocenters. The Morgan fingerprint density at radius 1 is 1.36 bits per heavy atom. The van der Waals surface area contributed by atoms with Crippen LogP contribution in [0.15, 0.2) is 42.7 Å². The highest BCUT2D eigenvalue weighted by atomic mass is 16.2. The fraction of sp³-hybridized carbons (Fsp3) is 0.450. The summed E-state index contributed by atoms with van der Waals surface area (Å²) in [6.45, 7) is 3.31. The normalized spacial score (nSPS) is 24.0. The van der Waals surface area contributed by atoms with Crippen LogP contribution in [0.25, 0.3) is 0 Å². The number of hydrogen-bond acceptors (Lipinski definition) is 3. The van der Waals surface area contributed by atoms with Crippen LogP contribution in [0.4, 0.5) is 0 Å². The second kappa shape index (κ2) is 6.47. The molecule has 25 heavy (non-hydrogen) atoms. The van der Waals surface area contributed by atoms with Gasteiger partial charge in [0.2, 0.25) is 0 Å². The minimum absolute atomic E-state index is 0.0544. The van der Waals surface area contributed by atoms with Crippen LogP contribution in [-0.2, 0) is 13.6 Å². The third-order valence-corrected chi connectivity index (χ3v) is 5.48. The summed E-state index contributed by atoms with van der Waals surface area (Å²) >= 11 is 0. The quantitative estimate of drug-likeness (QED) is 0.789. The van der Waals surface area contributed by atoms with E-state index in [4.69, 9.17) is 0 Å². The van der Waals surface area contributed by atoms with Gasteiger partial charge in [0.1, 0.15) is 5.69 Å². The summed E-state index contributed by atoms with van der Waals surface area (Å²) in [6.07, 6.45) is 10.8. The van der Waals surface area contributed by atoms with Gasteiger partial charge in [0.05, 0.1) is 5.69 Å². The number of aryl methyl sites for hydroxylation is 2. The Bertz CT molecular complexity index is 795. The topological polar surface area (TPSA) is 51.0 Å². The molecule has 130 valence electrons. The predicted octanol–water partition coefficient (Wildman–Crippen LogP) is 2.98. The van der Waals surface area contributed by atoms with Gasteiger partial charge >= 0.3 is 0 Å². The number of hydrogen-bond donors (Lipinski definition) is 0. The second-order valence-electron chi connectivity index (χ2n) is 7.38. The first kappa shape index (κ1) is 16.1. The van der Waals surface area contributed by atoms with E-state index in [9.17, 15) is 4.79 Å². The number of rotatable bonds is 5. The van der Waals surface area contributed by atoms with Gasteiger partial charge in [-0.25, -0.2) is 0 Å². The van der Waals surface area contributed by atoms with Crippen LogP contribution >= 0.6 is 0 Å². The lowest BCUT2D eigenvalue weighted by Crippen LogP contribution is -2.37. The molecule has 0 unspecified atom stereocenters. The number of fused-ring (bicyclic) bond motifs is 2. The van der Waals surface area contributed by atoms with E-state index in [-0.39, 0.29) is 5.91 Å². The molecule has 2 aromatic rings. The maximum Gasteiger partial charge on any atom is 0.272 e. The van der Waals surface area contributed by atoms with Gasteiger partial charge in [0.25, 0.3) is 5.91 Å². The Balaban J connectivity index is 1.57. The summed E-state index contributed by atoms with van der Waals surface area (Å²) in [4.78, 5) is 19.4. The molecule has 4 rings (SSSR count). The molecular weight excluding hydrogens is 312 g/mol. The maximum atomic E-state index is 13.2. The van der Waals surface area contributed by atoms with E-state index in [1.807, 2.05) is 43.3 Å². The lowest BCUT2D eigenvalue weighted by molar-refractivity contribution is 0.0693. The molecule has 1 saturated carbocycles. The van der Waals surface area contributed by atoms with Crippen molar-refractivity contribution in [3.8, 4) is 0 Å². The first-order valence-corrected chi connectivity index (χ1v) is 8.97. The molecule has 0 radical (unpaired) electrons. The molecule has 0 aromatic carbocycles. The number of carbonyl (C=O) groups excluding carboxylic acids is 1. The van der Waals surface area contributed by atoms with Crippen molar-refractivity contribution in [1.82, 2.24) is 19.7 Å². The van der Waals surface area contributed by atoms with Crippen LogP contribution in [-0.4, -0.2) is 32.1 Å². The molecule has 2 aliphatic rings. The zero-order chi connectivity index (χ0) is 17.4. The number of amides is 1. The number of nitrogens with zero attached hydrogens (tertiary/aromatic N) is 4. The molecular formula is C20H24N4O. The van der Waals surface area contributed by atoms with Gasteiger partial charge in [-0.15, -0.1) is 0 Å². The van der Waals surface area contributed by atoms with Gasteiger partial charge in [0, 0.05) is 32.5 Å². The summed E-state index contributed by atoms with van der Waals surface area (Å²) in [7, 11) is 1.84. The second-order valence-corrected chi connectivity index (χ2v) is 7.38. The Kier molecular flexibility index (Phi) is 4.15. The van der Waals surface area contributed by atoms with E-state index >= 15 is 0 Å². The SMILES string of the molecule is Cc1cc(C(=O)N(Cc2cccnc2)C[C@@H]2C[C@@H]3C=C[C@H]2C3)n(C)n1. The highest BCUT2D eigenvalue weighted by Gasteiger charge is 2.37. The zero-order valence-electron chi connectivity index (χ0n) is 14.8. The first-order chi connectivity index (χ1) is 12.1. The molecule has 5 heteroatoms. The Morgan fingerprint density at radius 3 is 2.84 bits per heavy atom. The monoisotopic (exact) mass is 336 g/mol. The van der Waals surface area contributed by atoms with E-state index in [2.05, 4.69) is 22.2 Å². The Labute approximate surface area is 148 Å². The number of carbonyl (C=O) groups is 1. The molecule has 0 spiro atoms. The number of pyridine rings is 1. The molecule has 1 amide bonds. The molecule has 5 nitrogen and oxygen atoms in total. The van der Waals surface area contributed by atoms with Crippen LogP contribution in [0, 0.1) is 24.7 Å². The summed E-state index contributed by atoms with van der Waals surface area (Å²) < 4.78 is 1.69. The third-order valence-electron chi connectivity index (χ3n) is 5.48. The van der Waals surface area contributed by atoms with Crippen molar-refractivity contribution < 1.29 is 4.79 Å². The van der Waals surface area contributed by atoms with Gasteiger partial charge in [0.15, 0.2) is 0 Å². The van der Waals surface area contributed by atoms with Crippen molar-refractivity contribution in [3.63, 3.8) is 0 Å². The summed E-state index contributed by atoms with van der Waals surface area (Å²) in [5.41, 5.74) is 2.59. The van der Waals surface area contributed by atoms with Crippen LogP contribution in [0.2, 0.25) is 0 Å². The minimum Gasteiger partial charge on any atom is -0.333 e. The largest absolute Gasteiger partial charge is 0.333 e. The molecule has 2 bridgehead atoms. The van der Waals surface area contributed by atoms with Crippen LogP contribution < -0.4 is 0 Å². The van der Waals surface area contributed by atoms with Crippen molar-refractivity contribution in [2.75, 3.05) is 6.54 Å². The van der Waals surface area contributed by atoms with Crippen molar-refractivity contribution >= 4 is 5.91 Å². The smallest absolute Gasteiger partial charge is 0.272 e. The highest BCUT2D eigenvalue weighted by Crippen LogP contribution is 2.43. The van der Waals surface area contributed by atoms with Crippen LogP contribution in [0.5, 0.6) is 0 Å². The van der Waals surface area contributed by atoms with E-state index in [1.165, 1.54) is 12.8 Å². The Hall–Kier alpha value is -2.43. The highest BCUT2D eigenvalue weighted by molar-refractivity contribution is 5.92. The average molecular weight is 336 g/mol. The van der Waals surface area contributed by atoms with Crippen molar-refractivity contribution in [2.24, 2.45) is 24.8 Å². The fourth-order valence-corrected chi connectivity index (χ4v) is 4.29. The van der Waals surface area contributed by atoms with Gasteiger partial charge in [-0.2, -0.15) is 5.10 Å². The average Bonchev–Trinajstić information content (AvgIpc) is 3.30. The summed E-state index contributed by atoms with van der Waals surface area (Å²) in [5.74, 6) is 1.95. The molecule has 2 aliphatic carbocycles. The third kappa shape index (κ3) is 3.23. The molecule has 0 aliphatic heterocycles. The molecule has 1 fully saturated rings. The van der Waals surface area contributed by atoms with Crippen LogP contribution in [0.1, 0.15) is 34.6 Å². The molecule has 2 heterocycles.